The maximum Gasteiger partial charge on any atom is 0.339 e. The van der Waals surface area contributed by atoms with Crippen molar-refractivity contribution in [2.75, 3.05) is 0 Å². The van der Waals surface area contributed by atoms with Crippen molar-refractivity contribution in [2.45, 2.75) is 48.2 Å². The molecule has 3 rings (SSSR count). The summed E-state index contributed by atoms with van der Waals surface area (Å²) in [7, 11) is -7.87. The van der Waals surface area contributed by atoms with Gasteiger partial charge in [-0.25, -0.2) is 8.42 Å². The molecule has 0 aliphatic heterocycles. The third-order valence-electron chi connectivity index (χ3n) is 4.84. The quantitative estimate of drug-likeness (QED) is 0.636. The molecule has 1 fully saturated rings. The highest BCUT2D eigenvalue weighted by Crippen LogP contribution is 2.49. The zero-order chi connectivity index (χ0) is 20.7. The van der Waals surface area contributed by atoms with E-state index in [1.165, 1.54) is 36.4 Å². The summed E-state index contributed by atoms with van der Waals surface area (Å²) in [6, 6.07) is 11.3. The fraction of sp³-hybridized carbons (Fsp3) is 0.350. The van der Waals surface area contributed by atoms with E-state index in [2.05, 4.69) is 0 Å². The molecule has 1 saturated carbocycles. The highest BCUT2D eigenvalue weighted by atomic mass is 32.2. The summed E-state index contributed by atoms with van der Waals surface area (Å²) < 4.78 is 54.3. The lowest BCUT2D eigenvalue weighted by Crippen LogP contribution is -2.35. The van der Waals surface area contributed by atoms with Gasteiger partial charge in [0.15, 0.2) is 15.6 Å². The fourth-order valence-corrected chi connectivity index (χ4v) is 6.08. The number of hydrogen-bond acceptors (Lipinski definition) is 6. The Morgan fingerprint density at radius 3 is 1.86 bits per heavy atom. The van der Waals surface area contributed by atoms with Gasteiger partial charge in [-0.05, 0) is 56.2 Å². The highest BCUT2D eigenvalue weighted by Gasteiger charge is 2.60. The molecule has 1 aliphatic rings. The van der Waals surface area contributed by atoms with Crippen LogP contribution in [-0.2, 0) is 24.7 Å². The maximum atomic E-state index is 12.9. The van der Waals surface area contributed by atoms with E-state index >= 15 is 0 Å². The Bertz CT molecular complexity index is 1090. The largest absolute Gasteiger partial charge is 0.379 e. The monoisotopic (exact) mass is 422 g/mol. The third kappa shape index (κ3) is 3.58. The third-order valence-corrected chi connectivity index (χ3v) is 8.63. The second-order valence-corrected chi connectivity index (χ2v) is 11.1. The standard InChI is InChI=1S/C20H22O6S2/c1-14(2)19(21)20(12-13-20)27(22,23)17-10-6-16(7-11-17)26-28(24,25)18-8-4-15(3)5-9-18/h4-11,14H,12-13H2,1-3H3. The average molecular weight is 423 g/mol. The molecule has 0 amide bonds. The van der Waals surface area contributed by atoms with E-state index < -0.39 is 24.7 Å². The molecule has 0 saturated heterocycles. The van der Waals surface area contributed by atoms with Crippen LogP contribution in [0.25, 0.3) is 0 Å². The first-order chi connectivity index (χ1) is 13.0. The van der Waals surface area contributed by atoms with E-state index in [1.54, 1.807) is 26.0 Å². The predicted octanol–water partition coefficient (Wildman–Crippen LogP) is 3.29. The first-order valence-corrected chi connectivity index (χ1v) is 11.8. The van der Waals surface area contributed by atoms with E-state index in [4.69, 9.17) is 4.18 Å². The van der Waals surface area contributed by atoms with Crippen LogP contribution in [0.15, 0.2) is 58.3 Å². The number of sulfone groups is 1. The zero-order valence-corrected chi connectivity index (χ0v) is 17.5. The molecule has 2 aromatic rings. The number of benzene rings is 2. The van der Waals surface area contributed by atoms with E-state index in [9.17, 15) is 21.6 Å². The Balaban J connectivity index is 1.84. The number of carbonyl (C=O) groups is 1. The van der Waals surface area contributed by atoms with Crippen LogP contribution < -0.4 is 4.18 Å². The summed E-state index contributed by atoms with van der Waals surface area (Å²) >= 11 is 0. The molecule has 0 N–H and O–H groups in total. The molecule has 0 radical (unpaired) electrons. The summed E-state index contributed by atoms with van der Waals surface area (Å²) in [6.45, 7) is 5.21. The molecule has 8 heteroatoms. The summed E-state index contributed by atoms with van der Waals surface area (Å²) in [5.41, 5.74) is 0.915. The molecular weight excluding hydrogens is 400 g/mol. The van der Waals surface area contributed by atoms with Crippen molar-refractivity contribution in [2.24, 2.45) is 5.92 Å². The lowest BCUT2D eigenvalue weighted by atomic mass is 10.1. The summed E-state index contributed by atoms with van der Waals surface area (Å²) in [6.07, 6.45) is 0.624. The molecule has 1 aliphatic carbocycles. The minimum Gasteiger partial charge on any atom is -0.379 e. The lowest BCUT2D eigenvalue weighted by molar-refractivity contribution is -0.122. The van der Waals surface area contributed by atoms with E-state index in [1.807, 2.05) is 6.92 Å². The van der Waals surface area contributed by atoms with Gasteiger partial charge in [-0.15, -0.1) is 0 Å². The molecule has 0 aromatic heterocycles. The molecule has 0 atom stereocenters. The second kappa shape index (κ2) is 7.00. The Hall–Kier alpha value is -2.19. The van der Waals surface area contributed by atoms with Gasteiger partial charge in [0.1, 0.15) is 15.4 Å². The van der Waals surface area contributed by atoms with Crippen molar-refractivity contribution in [3.63, 3.8) is 0 Å². The Labute approximate surface area is 165 Å². The van der Waals surface area contributed by atoms with Crippen molar-refractivity contribution in [1.82, 2.24) is 0 Å². The van der Waals surface area contributed by atoms with E-state index in [-0.39, 0.29) is 27.2 Å². The maximum absolute atomic E-state index is 12.9. The first kappa shape index (κ1) is 20.5. The molecule has 0 unspecified atom stereocenters. The summed E-state index contributed by atoms with van der Waals surface area (Å²) in [5.74, 6) is -0.658. The van der Waals surface area contributed by atoms with Crippen LogP contribution in [-0.4, -0.2) is 27.4 Å². The smallest absolute Gasteiger partial charge is 0.339 e. The normalized spacial score (nSPS) is 16.0. The molecule has 6 nitrogen and oxygen atoms in total. The van der Waals surface area contributed by atoms with Crippen molar-refractivity contribution in [1.29, 1.82) is 0 Å². The number of carbonyl (C=O) groups excluding carboxylic acids is 1. The number of rotatable bonds is 7. The molecule has 2 aromatic carbocycles. The van der Waals surface area contributed by atoms with Crippen molar-refractivity contribution < 1.29 is 25.8 Å². The molecule has 150 valence electrons. The van der Waals surface area contributed by atoms with Gasteiger partial charge >= 0.3 is 10.1 Å². The van der Waals surface area contributed by atoms with Gasteiger partial charge in [0, 0.05) is 5.92 Å². The summed E-state index contributed by atoms with van der Waals surface area (Å²) in [5, 5.41) is 0. The number of hydrogen-bond donors (Lipinski definition) is 0. The second-order valence-electron chi connectivity index (χ2n) is 7.34. The van der Waals surface area contributed by atoms with E-state index in [0.717, 1.165) is 5.56 Å². The average Bonchev–Trinajstić information content (AvgIpc) is 3.44. The van der Waals surface area contributed by atoms with Gasteiger partial charge in [0.2, 0.25) is 0 Å². The van der Waals surface area contributed by atoms with E-state index in [0.29, 0.717) is 12.8 Å². The zero-order valence-electron chi connectivity index (χ0n) is 15.9. The van der Waals surface area contributed by atoms with Crippen LogP contribution in [0.3, 0.4) is 0 Å². The molecule has 0 heterocycles. The number of Topliss-reactive ketones (excluding diaryl/α,β-unsaturated/α-hetero) is 1. The minimum absolute atomic E-state index is 0.000409. The van der Waals surface area contributed by atoms with Crippen LogP contribution in [0.5, 0.6) is 5.75 Å². The van der Waals surface area contributed by atoms with Gasteiger partial charge in [-0.2, -0.15) is 8.42 Å². The predicted molar refractivity (Wildman–Crippen MR) is 104 cm³/mol. The van der Waals surface area contributed by atoms with Crippen LogP contribution in [0.1, 0.15) is 32.3 Å². The van der Waals surface area contributed by atoms with Gasteiger partial charge in [-0.1, -0.05) is 31.5 Å². The Morgan fingerprint density at radius 1 is 0.893 bits per heavy atom. The van der Waals surface area contributed by atoms with Crippen molar-refractivity contribution >= 4 is 25.7 Å². The SMILES string of the molecule is Cc1ccc(S(=O)(=O)Oc2ccc(S(=O)(=O)C3(C(=O)C(C)C)CC3)cc2)cc1. The van der Waals surface area contributed by atoms with Crippen molar-refractivity contribution in [3.05, 3.63) is 54.1 Å². The van der Waals surface area contributed by atoms with Gasteiger partial charge in [0.05, 0.1) is 4.90 Å². The Kier molecular flexibility index (Phi) is 5.14. The first-order valence-electron chi connectivity index (χ1n) is 8.90. The fourth-order valence-electron chi connectivity index (χ4n) is 3.07. The highest BCUT2D eigenvalue weighted by molar-refractivity contribution is 7.94. The molecular formula is C20H22O6S2. The van der Waals surface area contributed by atoms with Crippen LogP contribution >= 0.6 is 0 Å². The van der Waals surface area contributed by atoms with Crippen molar-refractivity contribution in [3.8, 4) is 5.75 Å². The lowest BCUT2D eigenvalue weighted by Gasteiger charge is -2.17. The Morgan fingerprint density at radius 2 is 1.39 bits per heavy atom. The van der Waals surface area contributed by atoms with Crippen LogP contribution in [0.4, 0.5) is 0 Å². The summed E-state index contributed by atoms with van der Waals surface area (Å²) in [4.78, 5) is 12.4. The topological polar surface area (TPSA) is 94.6 Å². The number of ketones is 1. The molecule has 28 heavy (non-hydrogen) atoms. The molecule has 0 bridgehead atoms. The molecule has 0 spiro atoms. The number of aryl methyl sites for hydroxylation is 1. The van der Waals surface area contributed by atoms with Crippen LogP contribution in [0, 0.1) is 12.8 Å². The van der Waals surface area contributed by atoms with Gasteiger partial charge in [0.25, 0.3) is 0 Å². The van der Waals surface area contributed by atoms with Gasteiger partial charge < -0.3 is 4.18 Å². The minimum atomic E-state index is -4.02. The van der Waals surface area contributed by atoms with Crippen LogP contribution in [0.2, 0.25) is 0 Å². The van der Waals surface area contributed by atoms with Gasteiger partial charge in [-0.3, -0.25) is 4.79 Å².